The van der Waals surface area contributed by atoms with Crippen LogP contribution >= 0.6 is 0 Å². The van der Waals surface area contributed by atoms with Gasteiger partial charge in [-0.25, -0.2) is 0 Å². The average Bonchev–Trinajstić information content (AvgIpc) is 2.82. The zero-order valence-electron chi connectivity index (χ0n) is 11.3. The Morgan fingerprint density at radius 3 is 2.50 bits per heavy atom. The van der Waals surface area contributed by atoms with E-state index in [1.807, 2.05) is 17.9 Å². The quantitative estimate of drug-likeness (QED) is 0.875. The number of nitrogens with one attached hydrogen (secondary N) is 1. The molecular formula is C15H21N3. The van der Waals surface area contributed by atoms with Crippen molar-refractivity contribution >= 4 is 0 Å². The lowest BCUT2D eigenvalue weighted by molar-refractivity contribution is 0.449. The van der Waals surface area contributed by atoms with E-state index in [0.717, 1.165) is 6.54 Å². The molecule has 0 saturated carbocycles. The van der Waals surface area contributed by atoms with Crippen LogP contribution in [0.15, 0.2) is 42.6 Å². The second-order valence-corrected chi connectivity index (χ2v) is 4.61. The third kappa shape index (κ3) is 2.62. The Hall–Kier alpha value is -1.61. The molecule has 0 saturated heterocycles. The summed E-state index contributed by atoms with van der Waals surface area (Å²) in [5, 5.41) is 7.84. The number of aryl methyl sites for hydroxylation is 1. The molecule has 0 spiro atoms. The van der Waals surface area contributed by atoms with Gasteiger partial charge < -0.3 is 5.32 Å². The number of likely N-dealkylation sites (N-methyl/N-ethyl adjacent to an activating group) is 1. The molecule has 0 radical (unpaired) electrons. The predicted molar refractivity (Wildman–Crippen MR) is 74.5 cm³/mol. The van der Waals surface area contributed by atoms with Crippen molar-refractivity contribution in [3.05, 3.63) is 53.9 Å². The molecule has 96 valence electrons. The first-order valence-corrected chi connectivity index (χ1v) is 6.50. The van der Waals surface area contributed by atoms with E-state index in [9.17, 15) is 0 Å². The largest absolute Gasteiger partial charge is 0.308 e. The second-order valence-electron chi connectivity index (χ2n) is 4.61. The third-order valence-electron chi connectivity index (χ3n) is 3.43. The zero-order chi connectivity index (χ0) is 13.0. The van der Waals surface area contributed by atoms with Gasteiger partial charge in [-0.1, -0.05) is 44.2 Å². The highest BCUT2D eigenvalue weighted by Gasteiger charge is 2.22. The first-order valence-electron chi connectivity index (χ1n) is 6.50. The Morgan fingerprint density at radius 2 is 1.94 bits per heavy atom. The standard InChI is InChI=1S/C15H21N3/c1-4-16-15(14-10-11-17-18(14)3)12(2)13-8-6-5-7-9-13/h5-12,15-16H,4H2,1-3H3. The van der Waals surface area contributed by atoms with Crippen LogP contribution in [0.3, 0.4) is 0 Å². The van der Waals surface area contributed by atoms with Gasteiger partial charge in [0.15, 0.2) is 0 Å². The molecule has 2 rings (SSSR count). The predicted octanol–water partition coefficient (Wildman–Crippen LogP) is 2.87. The zero-order valence-corrected chi connectivity index (χ0v) is 11.3. The summed E-state index contributed by atoms with van der Waals surface area (Å²) in [5.74, 6) is 0.418. The number of aromatic nitrogens is 2. The van der Waals surface area contributed by atoms with Crippen LogP contribution in [0.1, 0.15) is 37.1 Å². The van der Waals surface area contributed by atoms with Crippen molar-refractivity contribution in [3.63, 3.8) is 0 Å². The van der Waals surface area contributed by atoms with Crippen LogP contribution in [0.2, 0.25) is 0 Å². The first kappa shape index (κ1) is 12.8. The van der Waals surface area contributed by atoms with E-state index in [2.05, 4.69) is 60.7 Å². The van der Waals surface area contributed by atoms with E-state index in [1.165, 1.54) is 11.3 Å². The van der Waals surface area contributed by atoms with Crippen molar-refractivity contribution in [2.24, 2.45) is 7.05 Å². The minimum absolute atomic E-state index is 0.296. The molecule has 0 bridgehead atoms. The molecule has 3 heteroatoms. The lowest BCUT2D eigenvalue weighted by atomic mass is 9.91. The van der Waals surface area contributed by atoms with Crippen molar-refractivity contribution in [1.29, 1.82) is 0 Å². The van der Waals surface area contributed by atoms with E-state index in [0.29, 0.717) is 12.0 Å². The fourth-order valence-corrected chi connectivity index (χ4v) is 2.40. The van der Waals surface area contributed by atoms with Crippen LogP contribution in [-0.2, 0) is 7.05 Å². The maximum absolute atomic E-state index is 4.27. The average molecular weight is 243 g/mol. The van der Waals surface area contributed by atoms with Crippen LogP contribution in [-0.4, -0.2) is 16.3 Å². The summed E-state index contributed by atoms with van der Waals surface area (Å²) in [6.07, 6.45) is 1.86. The van der Waals surface area contributed by atoms with Gasteiger partial charge in [0.25, 0.3) is 0 Å². The Kier molecular flexibility index (Phi) is 4.15. The van der Waals surface area contributed by atoms with Gasteiger partial charge in [0, 0.05) is 19.2 Å². The summed E-state index contributed by atoms with van der Waals surface area (Å²) in [6.45, 7) is 5.35. The van der Waals surface area contributed by atoms with Crippen molar-refractivity contribution in [1.82, 2.24) is 15.1 Å². The summed E-state index contributed by atoms with van der Waals surface area (Å²) in [4.78, 5) is 0. The van der Waals surface area contributed by atoms with Crippen LogP contribution in [0, 0.1) is 0 Å². The van der Waals surface area contributed by atoms with E-state index in [1.54, 1.807) is 0 Å². The van der Waals surface area contributed by atoms with Crippen molar-refractivity contribution in [2.45, 2.75) is 25.8 Å². The SMILES string of the molecule is CCNC(c1ccnn1C)C(C)c1ccccc1. The molecule has 1 aromatic carbocycles. The summed E-state index contributed by atoms with van der Waals surface area (Å²) < 4.78 is 1.95. The maximum atomic E-state index is 4.27. The minimum atomic E-state index is 0.296. The number of rotatable bonds is 5. The van der Waals surface area contributed by atoms with Gasteiger partial charge in [0.05, 0.1) is 11.7 Å². The number of hydrogen-bond donors (Lipinski definition) is 1. The van der Waals surface area contributed by atoms with Gasteiger partial charge in [-0.2, -0.15) is 5.10 Å². The fraction of sp³-hybridized carbons (Fsp3) is 0.400. The molecule has 0 aliphatic carbocycles. The van der Waals surface area contributed by atoms with Crippen LogP contribution < -0.4 is 5.32 Å². The topological polar surface area (TPSA) is 29.9 Å². The Balaban J connectivity index is 2.28. The number of benzene rings is 1. The third-order valence-corrected chi connectivity index (χ3v) is 3.43. The number of nitrogens with zero attached hydrogens (tertiary/aromatic N) is 2. The molecule has 0 amide bonds. The molecule has 1 heterocycles. The molecule has 2 unspecified atom stereocenters. The van der Waals surface area contributed by atoms with E-state index < -0.39 is 0 Å². The molecule has 0 aliphatic heterocycles. The fourth-order valence-electron chi connectivity index (χ4n) is 2.40. The van der Waals surface area contributed by atoms with Crippen molar-refractivity contribution < 1.29 is 0 Å². The van der Waals surface area contributed by atoms with E-state index >= 15 is 0 Å². The molecular weight excluding hydrogens is 222 g/mol. The van der Waals surface area contributed by atoms with E-state index in [4.69, 9.17) is 0 Å². The van der Waals surface area contributed by atoms with Crippen LogP contribution in [0.4, 0.5) is 0 Å². The molecule has 2 aromatic rings. The van der Waals surface area contributed by atoms with Crippen molar-refractivity contribution in [3.8, 4) is 0 Å². The summed E-state index contributed by atoms with van der Waals surface area (Å²) in [5.41, 5.74) is 2.58. The molecule has 1 N–H and O–H groups in total. The summed E-state index contributed by atoms with van der Waals surface area (Å²) >= 11 is 0. The summed E-state index contributed by atoms with van der Waals surface area (Å²) in [7, 11) is 2.00. The van der Waals surface area contributed by atoms with Gasteiger partial charge in [0.2, 0.25) is 0 Å². The molecule has 3 nitrogen and oxygen atoms in total. The Morgan fingerprint density at radius 1 is 1.22 bits per heavy atom. The maximum Gasteiger partial charge on any atom is 0.0558 e. The van der Waals surface area contributed by atoms with Gasteiger partial charge in [-0.3, -0.25) is 4.68 Å². The number of hydrogen-bond acceptors (Lipinski definition) is 2. The smallest absolute Gasteiger partial charge is 0.0558 e. The van der Waals surface area contributed by atoms with Crippen LogP contribution in [0.25, 0.3) is 0 Å². The van der Waals surface area contributed by atoms with Gasteiger partial charge in [0.1, 0.15) is 0 Å². The lowest BCUT2D eigenvalue weighted by Gasteiger charge is -2.25. The molecule has 1 aromatic heterocycles. The summed E-state index contributed by atoms with van der Waals surface area (Å²) in [6, 6.07) is 13.0. The van der Waals surface area contributed by atoms with Gasteiger partial charge >= 0.3 is 0 Å². The molecule has 0 aliphatic rings. The second kappa shape index (κ2) is 5.83. The van der Waals surface area contributed by atoms with Gasteiger partial charge in [-0.05, 0) is 18.2 Å². The van der Waals surface area contributed by atoms with Crippen LogP contribution in [0.5, 0.6) is 0 Å². The normalized spacial score (nSPS) is 14.4. The minimum Gasteiger partial charge on any atom is -0.308 e. The molecule has 18 heavy (non-hydrogen) atoms. The highest BCUT2D eigenvalue weighted by atomic mass is 15.3. The van der Waals surface area contributed by atoms with Crippen molar-refractivity contribution in [2.75, 3.05) is 6.54 Å². The highest BCUT2D eigenvalue weighted by molar-refractivity contribution is 5.24. The van der Waals surface area contributed by atoms with Gasteiger partial charge in [-0.15, -0.1) is 0 Å². The van der Waals surface area contributed by atoms with E-state index in [-0.39, 0.29) is 0 Å². The lowest BCUT2D eigenvalue weighted by Crippen LogP contribution is -2.27. The monoisotopic (exact) mass is 243 g/mol. The molecule has 2 atom stereocenters. The first-order chi connectivity index (χ1) is 8.74. The highest BCUT2D eigenvalue weighted by Crippen LogP contribution is 2.29. The Labute approximate surface area is 109 Å². The Bertz CT molecular complexity index is 475. The molecule has 0 fully saturated rings.